The van der Waals surface area contributed by atoms with Crippen molar-refractivity contribution in [1.82, 2.24) is 0 Å². The molecule has 0 saturated heterocycles. The molecule has 0 radical (unpaired) electrons. The second-order valence-corrected chi connectivity index (χ2v) is 18.5. The number of fused-ring (bicyclic) bond motifs is 9. The molecular formula is C54H41NOS. The smallest absolute Gasteiger partial charge is 0.144 e. The van der Waals surface area contributed by atoms with Crippen LogP contribution >= 0.6 is 11.3 Å². The van der Waals surface area contributed by atoms with Crippen molar-refractivity contribution < 1.29 is 4.42 Å². The van der Waals surface area contributed by atoms with Crippen LogP contribution in [0.4, 0.5) is 17.1 Å². The zero-order chi connectivity index (χ0) is 37.2. The molecule has 4 saturated carbocycles. The molecule has 3 heteroatoms. The van der Waals surface area contributed by atoms with Gasteiger partial charge in [-0.25, -0.2) is 0 Å². The van der Waals surface area contributed by atoms with E-state index in [9.17, 15) is 0 Å². The molecule has 57 heavy (non-hydrogen) atoms. The molecule has 0 aliphatic heterocycles. The van der Waals surface area contributed by atoms with Crippen molar-refractivity contribution in [3.63, 3.8) is 0 Å². The van der Waals surface area contributed by atoms with E-state index in [1.807, 2.05) is 11.3 Å². The maximum atomic E-state index is 6.77. The molecule has 2 aromatic heterocycles. The van der Waals surface area contributed by atoms with Gasteiger partial charge in [0.25, 0.3) is 0 Å². The zero-order valence-corrected chi connectivity index (χ0v) is 32.6. The third-order valence-corrected chi connectivity index (χ3v) is 15.4. The fourth-order valence-corrected chi connectivity index (χ4v) is 13.4. The van der Waals surface area contributed by atoms with Crippen molar-refractivity contribution in [3.8, 4) is 11.1 Å². The molecule has 4 bridgehead atoms. The molecule has 0 N–H and O–H groups in total. The first-order valence-corrected chi connectivity index (χ1v) is 21.7. The predicted molar refractivity (Wildman–Crippen MR) is 242 cm³/mol. The summed E-state index contributed by atoms with van der Waals surface area (Å²) in [6.07, 6.45) is 8.49. The highest BCUT2D eigenvalue weighted by atomic mass is 32.1. The Morgan fingerprint density at radius 2 is 1.14 bits per heavy atom. The van der Waals surface area contributed by atoms with E-state index < -0.39 is 0 Å². The maximum Gasteiger partial charge on any atom is 0.144 e. The van der Waals surface area contributed by atoms with Gasteiger partial charge in [-0.3, -0.25) is 0 Å². The molecule has 0 atom stereocenters. The first-order chi connectivity index (χ1) is 28.2. The lowest BCUT2D eigenvalue weighted by molar-refractivity contribution is -0.00518. The van der Waals surface area contributed by atoms with Crippen molar-refractivity contribution in [2.75, 3.05) is 4.90 Å². The first kappa shape index (κ1) is 32.2. The summed E-state index contributed by atoms with van der Waals surface area (Å²) in [5.74, 6) is 2.74. The predicted octanol–water partition coefficient (Wildman–Crippen LogP) is 15.9. The van der Waals surface area contributed by atoms with Gasteiger partial charge in [0.15, 0.2) is 0 Å². The van der Waals surface area contributed by atoms with Crippen LogP contribution in [0.15, 0.2) is 162 Å². The van der Waals surface area contributed by atoms with E-state index >= 15 is 0 Å². The van der Waals surface area contributed by atoms with E-state index in [-0.39, 0.29) is 0 Å². The average molecular weight is 752 g/mol. The molecule has 274 valence electrons. The molecule has 0 amide bonds. The van der Waals surface area contributed by atoms with Crippen molar-refractivity contribution in [1.29, 1.82) is 0 Å². The van der Waals surface area contributed by atoms with Gasteiger partial charge in [-0.1, -0.05) is 121 Å². The topological polar surface area (TPSA) is 16.4 Å². The van der Waals surface area contributed by atoms with Gasteiger partial charge in [0.05, 0.1) is 16.1 Å². The minimum Gasteiger partial charge on any atom is -0.455 e. The number of furan rings is 1. The Balaban J connectivity index is 1.08. The molecule has 2 nitrogen and oxygen atoms in total. The molecule has 0 spiro atoms. The Morgan fingerprint density at radius 1 is 0.509 bits per heavy atom. The highest BCUT2D eigenvalue weighted by Crippen LogP contribution is 2.61. The summed E-state index contributed by atoms with van der Waals surface area (Å²) in [6, 6.07) is 58.9. The Morgan fingerprint density at radius 3 is 1.93 bits per heavy atom. The number of benzene rings is 8. The summed E-state index contributed by atoms with van der Waals surface area (Å²) >= 11 is 1.88. The van der Waals surface area contributed by atoms with Gasteiger partial charge in [0.2, 0.25) is 0 Å². The number of hydrogen-bond donors (Lipinski definition) is 0. The monoisotopic (exact) mass is 751 g/mol. The van der Waals surface area contributed by atoms with Gasteiger partial charge in [0.1, 0.15) is 11.2 Å². The van der Waals surface area contributed by atoms with Crippen LogP contribution in [0, 0.1) is 17.8 Å². The van der Waals surface area contributed by atoms with Gasteiger partial charge >= 0.3 is 0 Å². The lowest BCUT2D eigenvalue weighted by Gasteiger charge is -2.57. The van der Waals surface area contributed by atoms with E-state index in [4.69, 9.17) is 4.42 Å². The highest BCUT2D eigenvalue weighted by molar-refractivity contribution is 7.26. The summed E-state index contributed by atoms with van der Waals surface area (Å²) in [4.78, 5) is 2.57. The normalized spacial score (nSPS) is 21.5. The van der Waals surface area contributed by atoms with Crippen LogP contribution in [0.25, 0.3) is 74.8 Å². The molecule has 14 rings (SSSR count). The van der Waals surface area contributed by atoms with Crippen molar-refractivity contribution in [3.05, 3.63) is 163 Å². The van der Waals surface area contributed by atoms with Crippen LogP contribution in [-0.4, -0.2) is 0 Å². The third-order valence-electron chi connectivity index (χ3n) is 14.2. The minimum absolute atomic E-state index is 0.346. The fraction of sp³-hybridized carbons (Fsp3) is 0.185. The number of rotatable bonds is 5. The van der Waals surface area contributed by atoms with Crippen molar-refractivity contribution >= 4 is 92.1 Å². The second-order valence-electron chi connectivity index (χ2n) is 17.5. The van der Waals surface area contributed by atoms with Gasteiger partial charge in [-0.05, 0) is 131 Å². The van der Waals surface area contributed by atoms with E-state index in [0.29, 0.717) is 5.41 Å². The summed E-state index contributed by atoms with van der Waals surface area (Å²) in [6.45, 7) is 0. The number of anilines is 3. The van der Waals surface area contributed by atoms with Crippen LogP contribution < -0.4 is 4.90 Å². The molecule has 0 unspecified atom stereocenters. The van der Waals surface area contributed by atoms with Gasteiger partial charge in [-0.15, -0.1) is 11.3 Å². The highest BCUT2D eigenvalue weighted by Gasteiger charge is 2.51. The SMILES string of the molecule is c1ccc2c(-c3ccc(N(c4ccc(C56CC7CC(CC(C7)C5)C6)cc4)c4cc5c6ccccc6oc5c5c4sc4ccccc45)c4ccccc34)cccc2c1. The Hall–Kier alpha value is -5.90. The van der Waals surface area contributed by atoms with Crippen LogP contribution in [0.5, 0.6) is 0 Å². The molecule has 8 aromatic carbocycles. The molecular weight excluding hydrogens is 711 g/mol. The number of hydrogen-bond acceptors (Lipinski definition) is 3. The quantitative estimate of drug-likeness (QED) is 0.174. The van der Waals surface area contributed by atoms with Gasteiger partial charge < -0.3 is 9.32 Å². The summed E-state index contributed by atoms with van der Waals surface area (Å²) < 4.78 is 9.29. The van der Waals surface area contributed by atoms with Gasteiger partial charge in [0, 0.05) is 37.3 Å². The van der Waals surface area contributed by atoms with Crippen molar-refractivity contribution in [2.45, 2.75) is 43.9 Å². The standard InChI is InChI=1S/C54H41NOS/c1-2-12-39-36(10-1)11-9-17-40(39)42-24-25-47(43-14-4-3-13-41(42)43)55(38-22-20-37(21-23-38)54-30-33-26-34(31-54)28-35(27-33)32-54)48-29-46-44-15-5-7-18-49(44)56-52(46)51-45-16-6-8-19-50(45)57-53(48)51/h1-25,29,33-35H,26-28,30-32H2. The fourth-order valence-electron chi connectivity index (χ4n) is 12.2. The number of nitrogens with zero attached hydrogens (tertiary/aromatic N) is 1. The lowest BCUT2D eigenvalue weighted by atomic mass is 9.48. The molecule has 4 aliphatic rings. The Bertz CT molecular complexity index is 3200. The molecule has 2 heterocycles. The third kappa shape index (κ3) is 4.76. The van der Waals surface area contributed by atoms with E-state index in [1.165, 1.54) is 108 Å². The zero-order valence-electron chi connectivity index (χ0n) is 31.7. The lowest BCUT2D eigenvalue weighted by Crippen LogP contribution is -2.48. The second kappa shape index (κ2) is 12.1. The largest absolute Gasteiger partial charge is 0.455 e. The van der Waals surface area contributed by atoms with Crippen LogP contribution in [-0.2, 0) is 5.41 Å². The molecule has 10 aromatic rings. The van der Waals surface area contributed by atoms with Crippen LogP contribution in [0.1, 0.15) is 44.1 Å². The number of thiophene rings is 1. The van der Waals surface area contributed by atoms with E-state index in [0.717, 1.165) is 39.7 Å². The average Bonchev–Trinajstić information content (AvgIpc) is 3.82. The molecule has 4 fully saturated rings. The summed E-state index contributed by atoms with van der Waals surface area (Å²) in [5, 5.41) is 9.78. The molecule has 4 aliphatic carbocycles. The summed E-state index contributed by atoms with van der Waals surface area (Å²) in [7, 11) is 0. The summed E-state index contributed by atoms with van der Waals surface area (Å²) in [5.41, 5.74) is 9.89. The number of para-hydroxylation sites is 1. The Kier molecular flexibility index (Phi) is 6.81. The van der Waals surface area contributed by atoms with Gasteiger partial charge in [-0.2, -0.15) is 0 Å². The van der Waals surface area contributed by atoms with E-state index in [1.54, 1.807) is 5.56 Å². The van der Waals surface area contributed by atoms with Crippen LogP contribution in [0.2, 0.25) is 0 Å². The van der Waals surface area contributed by atoms with Crippen molar-refractivity contribution in [2.24, 2.45) is 17.8 Å². The van der Waals surface area contributed by atoms with Crippen LogP contribution in [0.3, 0.4) is 0 Å². The minimum atomic E-state index is 0.346. The first-order valence-electron chi connectivity index (χ1n) is 20.8. The van der Waals surface area contributed by atoms with E-state index in [2.05, 4.69) is 163 Å². The Labute approximate surface area is 336 Å². The maximum absolute atomic E-state index is 6.77.